The van der Waals surface area contributed by atoms with Crippen LogP contribution in [0.15, 0.2) is 0 Å². The van der Waals surface area contributed by atoms with Gasteiger partial charge in [-0.25, -0.2) is 0 Å². The summed E-state index contributed by atoms with van der Waals surface area (Å²) in [5, 5.41) is 10.00. The molecule has 4 aliphatic carbocycles. The average Bonchev–Trinajstić information content (AvgIpc) is 3.20. The Kier molecular flexibility index (Phi) is 2.71. The van der Waals surface area contributed by atoms with Gasteiger partial charge in [-0.1, -0.05) is 6.92 Å². The molecule has 5 rings (SSSR count). The van der Waals surface area contributed by atoms with Crippen LogP contribution in [0, 0.1) is 35.0 Å². The van der Waals surface area contributed by atoms with Gasteiger partial charge in [0.1, 0.15) is 0 Å². The predicted octanol–water partition coefficient (Wildman–Crippen LogP) is 3.77. The largest absolute Gasteiger partial charge is 0.393 e. The zero-order valence-electron chi connectivity index (χ0n) is 13.4. The van der Waals surface area contributed by atoms with Crippen LogP contribution in [0.5, 0.6) is 0 Å². The Morgan fingerprint density at radius 3 is 2.57 bits per heavy atom. The Balaban J connectivity index is 1.40. The Hall–Kier alpha value is -0.0800. The first-order valence-electron chi connectivity index (χ1n) is 9.43. The number of ether oxygens (including phenoxy) is 1. The highest BCUT2D eigenvalue weighted by Crippen LogP contribution is 2.68. The second-order valence-corrected chi connectivity index (χ2v) is 9.27. The van der Waals surface area contributed by atoms with Crippen LogP contribution in [0.2, 0.25) is 0 Å². The molecule has 5 aliphatic rings. The van der Waals surface area contributed by atoms with Crippen LogP contribution in [0.4, 0.5) is 0 Å². The van der Waals surface area contributed by atoms with Crippen LogP contribution in [0.1, 0.15) is 64.7 Å². The third kappa shape index (κ3) is 1.72. The molecule has 1 heterocycles. The van der Waals surface area contributed by atoms with Crippen LogP contribution >= 0.6 is 0 Å². The fourth-order valence-corrected chi connectivity index (χ4v) is 7.31. The summed E-state index contributed by atoms with van der Waals surface area (Å²) in [7, 11) is 0. The van der Waals surface area contributed by atoms with Gasteiger partial charge in [0.15, 0.2) is 0 Å². The summed E-state index contributed by atoms with van der Waals surface area (Å²) in [5.41, 5.74) is 0.803. The van der Waals surface area contributed by atoms with E-state index in [2.05, 4.69) is 6.92 Å². The van der Waals surface area contributed by atoms with E-state index in [4.69, 9.17) is 4.74 Å². The van der Waals surface area contributed by atoms with Gasteiger partial charge in [0.05, 0.1) is 18.3 Å². The first kappa shape index (κ1) is 13.4. The van der Waals surface area contributed by atoms with Gasteiger partial charge < -0.3 is 9.84 Å². The Labute approximate surface area is 128 Å². The molecule has 0 aromatic carbocycles. The summed E-state index contributed by atoms with van der Waals surface area (Å²) in [5.74, 6) is 4.64. The molecule has 1 saturated heterocycles. The zero-order chi connectivity index (χ0) is 14.2. The molecule has 8 atom stereocenters. The molecule has 2 nitrogen and oxygen atoms in total. The highest BCUT2D eigenvalue weighted by Gasteiger charge is 2.68. The minimum Gasteiger partial charge on any atom is -0.393 e. The molecular weight excluding hydrogens is 260 g/mol. The third-order valence-corrected chi connectivity index (χ3v) is 8.66. The second kappa shape index (κ2) is 4.26. The molecule has 0 radical (unpaired) electrons. The lowest BCUT2D eigenvalue weighted by molar-refractivity contribution is -0.0661. The average molecular weight is 290 g/mol. The van der Waals surface area contributed by atoms with Crippen LogP contribution in [-0.4, -0.2) is 23.4 Å². The summed E-state index contributed by atoms with van der Waals surface area (Å²) >= 11 is 0. The first-order valence-corrected chi connectivity index (χ1v) is 9.43. The second-order valence-electron chi connectivity index (χ2n) is 9.27. The van der Waals surface area contributed by atoms with Gasteiger partial charge in [0.25, 0.3) is 0 Å². The van der Waals surface area contributed by atoms with Gasteiger partial charge in [0.2, 0.25) is 0 Å². The molecule has 21 heavy (non-hydrogen) atoms. The molecule has 0 unspecified atom stereocenters. The molecule has 2 heteroatoms. The maximum atomic E-state index is 10.00. The van der Waals surface area contributed by atoms with E-state index in [0.29, 0.717) is 11.0 Å². The third-order valence-electron chi connectivity index (χ3n) is 8.66. The van der Waals surface area contributed by atoms with Crippen LogP contribution in [0.3, 0.4) is 0 Å². The van der Waals surface area contributed by atoms with Crippen molar-refractivity contribution in [3.63, 3.8) is 0 Å². The highest BCUT2D eigenvalue weighted by molar-refractivity contribution is 5.17. The quantitative estimate of drug-likeness (QED) is 0.689. The van der Waals surface area contributed by atoms with Crippen molar-refractivity contribution in [2.75, 3.05) is 6.61 Å². The number of hydrogen-bond donors (Lipinski definition) is 1. The lowest BCUT2D eigenvalue weighted by Gasteiger charge is -2.54. The Morgan fingerprint density at radius 1 is 0.905 bits per heavy atom. The SMILES string of the molecule is C[C@@]12CC[C@H]3C[C@H]4C[C@H](O)CC[C@@H]4C[C@@H]3[C@H]1CC[C@]21CO1. The van der Waals surface area contributed by atoms with Crippen molar-refractivity contribution in [3.8, 4) is 0 Å². The smallest absolute Gasteiger partial charge is 0.0972 e. The number of fused-ring (bicyclic) bond motifs is 5. The Bertz CT molecular complexity index is 443. The van der Waals surface area contributed by atoms with E-state index in [1.165, 1.54) is 44.9 Å². The van der Waals surface area contributed by atoms with Crippen LogP contribution < -0.4 is 0 Å². The van der Waals surface area contributed by atoms with Crippen molar-refractivity contribution in [2.45, 2.75) is 76.4 Å². The number of epoxide rings is 1. The summed E-state index contributed by atoms with van der Waals surface area (Å²) in [6, 6.07) is 0. The molecule has 1 spiro atoms. The van der Waals surface area contributed by atoms with Crippen molar-refractivity contribution in [1.29, 1.82) is 0 Å². The summed E-state index contributed by atoms with van der Waals surface area (Å²) in [6.45, 7) is 3.61. The molecule has 0 amide bonds. The number of aliphatic hydroxyl groups excluding tert-OH is 1. The van der Waals surface area contributed by atoms with Gasteiger partial charge in [0, 0.05) is 5.41 Å². The maximum Gasteiger partial charge on any atom is 0.0972 e. The fraction of sp³-hybridized carbons (Fsp3) is 1.00. The van der Waals surface area contributed by atoms with E-state index in [0.717, 1.165) is 49.0 Å². The summed E-state index contributed by atoms with van der Waals surface area (Å²) in [4.78, 5) is 0. The van der Waals surface area contributed by atoms with Crippen molar-refractivity contribution in [2.24, 2.45) is 35.0 Å². The Morgan fingerprint density at radius 2 is 1.76 bits per heavy atom. The van der Waals surface area contributed by atoms with E-state index >= 15 is 0 Å². The molecule has 1 N–H and O–H groups in total. The van der Waals surface area contributed by atoms with Gasteiger partial charge in [-0.05, 0) is 87.4 Å². The van der Waals surface area contributed by atoms with Crippen molar-refractivity contribution < 1.29 is 9.84 Å². The molecule has 118 valence electrons. The van der Waals surface area contributed by atoms with E-state index in [1.807, 2.05) is 0 Å². The standard InChI is InChI=1S/C19H30O2/c1-18-6-4-13-8-14-9-15(20)3-2-12(14)10-16(13)17(18)5-7-19(18)11-21-19/h12-17,20H,2-11H2,1H3/t12-,13+,14+,15-,16+,17-,18-,19+/m1/s1. The molecule has 0 aromatic rings. The minimum atomic E-state index is 0.00581. The van der Waals surface area contributed by atoms with Gasteiger partial charge >= 0.3 is 0 Å². The van der Waals surface area contributed by atoms with Gasteiger partial charge in [-0.3, -0.25) is 0 Å². The number of rotatable bonds is 0. The molecule has 0 bridgehead atoms. The molecule has 4 saturated carbocycles. The number of hydrogen-bond acceptors (Lipinski definition) is 2. The predicted molar refractivity (Wildman–Crippen MR) is 81.8 cm³/mol. The summed E-state index contributed by atoms with van der Waals surface area (Å²) < 4.78 is 6.00. The monoisotopic (exact) mass is 290 g/mol. The summed E-state index contributed by atoms with van der Waals surface area (Å²) in [6.07, 6.45) is 12.0. The van der Waals surface area contributed by atoms with E-state index in [-0.39, 0.29) is 6.10 Å². The maximum absolute atomic E-state index is 10.00. The lowest BCUT2D eigenvalue weighted by atomic mass is 9.51. The molecule has 1 aliphatic heterocycles. The molecular formula is C19H30O2. The van der Waals surface area contributed by atoms with Crippen LogP contribution in [0.25, 0.3) is 0 Å². The first-order chi connectivity index (χ1) is 10.1. The van der Waals surface area contributed by atoms with Gasteiger partial charge in [-0.2, -0.15) is 0 Å². The lowest BCUT2D eigenvalue weighted by Crippen LogP contribution is -2.49. The van der Waals surface area contributed by atoms with E-state index in [9.17, 15) is 5.11 Å². The van der Waals surface area contributed by atoms with E-state index in [1.54, 1.807) is 0 Å². The van der Waals surface area contributed by atoms with Crippen molar-refractivity contribution in [3.05, 3.63) is 0 Å². The molecule has 5 fully saturated rings. The molecule has 0 aromatic heterocycles. The normalized spacial score (nSPS) is 62.0. The van der Waals surface area contributed by atoms with E-state index < -0.39 is 0 Å². The topological polar surface area (TPSA) is 32.8 Å². The number of aliphatic hydroxyl groups is 1. The van der Waals surface area contributed by atoms with Crippen molar-refractivity contribution >= 4 is 0 Å². The fourth-order valence-electron chi connectivity index (χ4n) is 7.31. The van der Waals surface area contributed by atoms with Crippen molar-refractivity contribution in [1.82, 2.24) is 0 Å². The van der Waals surface area contributed by atoms with Crippen LogP contribution in [-0.2, 0) is 4.74 Å². The minimum absolute atomic E-state index is 0.00581. The van der Waals surface area contributed by atoms with Gasteiger partial charge in [-0.15, -0.1) is 0 Å². The zero-order valence-corrected chi connectivity index (χ0v) is 13.4. The highest BCUT2D eigenvalue weighted by atomic mass is 16.6.